The average Bonchev–Trinajstić information content (AvgIpc) is 3.39. The second kappa shape index (κ2) is 8.27. The van der Waals surface area contributed by atoms with Gasteiger partial charge in [0.2, 0.25) is 0 Å². The van der Waals surface area contributed by atoms with Crippen LogP contribution >= 0.6 is 0 Å². The Hall–Kier alpha value is -4.59. The Balaban J connectivity index is 1.69. The van der Waals surface area contributed by atoms with Crippen LogP contribution in [0.3, 0.4) is 0 Å². The highest BCUT2D eigenvalue weighted by Gasteiger charge is 2.17. The zero-order chi connectivity index (χ0) is 22.8. The summed E-state index contributed by atoms with van der Waals surface area (Å²) < 4.78 is 36.7. The minimum atomic E-state index is -1.27. The molecule has 4 aromatic rings. The van der Waals surface area contributed by atoms with E-state index in [1.807, 2.05) is 11.4 Å². The van der Waals surface area contributed by atoms with Crippen molar-refractivity contribution in [3.8, 4) is 22.9 Å². The van der Waals surface area contributed by atoms with E-state index in [4.69, 9.17) is 4.74 Å². The maximum atomic E-state index is 14.8. The van der Waals surface area contributed by atoms with Crippen molar-refractivity contribution >= 4 is 17.2 Å². The zero-order valence-corrected chi connectivity index (χ0v) is 16.7. The molecule has 4 heterocycles. The fourth-order valence-electron chi connectivity index (χ4n) is 3.02. The SMILES string of the molecule is C=C(F)C(=O)Nc1nccc(COc2cc(-c3cnn(C)c3)cn3ncc(C#N)c23)c1F. The lowest BCUT2D eigenvalue weighted by molar-refractivity contribution is -0.114. The zero-order valence-electron chi connectivity index (χ0n) is 16.7. The molecule has 4 aromatic heterocycles. The smallest absolute Gasteiger partial charge is 0.285 e. The number of rotatable bonds is 6. The molecular weight excluding hydrogens is 420 g/mol. The van der Waals surface area contributed by atoms with E-state index in [2.05, 4.69) is 21.8 Å². The summed E-state index contributed by atoms with van der Waals surface area (Å²) in [6.45, 7) is 2.61. The molecule has 0 aromatic carbocycles. The molecule has 11 heteroatoms. The van der Waals surface area contributed by atoms with Crippen LogP contribution in [0, 0.1) is 17.1 Å². The van der Waals surface area contributed by atoms with Crippen molar-refractivity contribution < 1.29 is 18.3 Å². The fraction of sp³-hybridized carbons (Fsp3) is 0.0952. The molecule has 160 valence electrons. The number of fused-ring (bicyclic) bond motifs is 1. The summed E-state index contributed by atoms with van der Waals surface area (Å²) in [7, 11) is 1.78. The number of carbonyl (C=O) groups is 1. The molecule has 1 amide bonds. The van der Waals surface area contributed by atoms with Gasteiger partial charge in [-0.1, -0.05) is 6.58 Å². The number of aryl methyl sites for hydroxylation is 1. The molecule has 0 atom stereocenters. The summed E-state index contributed by atoms with van der Waals surface area (Å²) in [4.78, 5) is 15.2. The van der Waals surface area contributed by atoms with E-state index in [-0.39, 0.29) is 17.7 Å². The normalized spacial score (nSPS) is 10.7. The molecule has 0 saturated carbocycles. The van der Waals surface area contributed by atoms with Gasteiger partial charge in [0.25, 0.3) is 5.91 Å². The number of halogens is 2. The van der Waals surface area contributed by atoms with Gasteiger partial charge in [-0.15, -0.1) is 0 Å². The number of nitrogens with one attached hydrogen (secondary N) is 1. The quantitative estimate of drug-likeness (QED) is 0.466. The lowest BCUT2D eigenvalue weighted by Gasteiger charge is -2.12. The number of amides is 1. The van der Waals surface area contributed by atoms with Crippen LogP contribution in [0.2, 0.25) is 0 Å². The topological polar surface area (TPSA) is 110 Å². The van der Waals surface area contributed by atoms with Gasteiger partial charge in [-0.05, 0) is 12.1 Å². The van der Waals surface area contributed by atoms with Crippen LogP contribution in [0.25, 0.3) is 16.6 Å². The predicted molar refractivity (Wildman–Crippen MR) is 110 cm³/mol. The maximum Gasteiger partial charge on any atom is 0.285 e. The Morgan fingerprint density at radius 2 is 2.12 bits per heavy atom. The monoisotopic (exact) mass is 435 g/mol. The van der Waals surface area contributed by atoms with Crippen molar-refractivity contribution in [3.63, 3.8) is 0 Å². The first kappa shape index (κ1) is 20.7. The molecule has 0 spiro atoms. The first-order chi connectivity index (χ1) is 15.4. The van der Waals surface area contributed by atoms with E-state index >= 15 is 0 Å². The van der Waals surface area contributed by atoms with Gasteiger partial charge < -0.3 is 10.1 Å². The van der Waals surface area contributed by atoms with Gasteiger partial charge >= 0.3 is 0 Å². The van der Waals surface area contributed by atoms with Crippen LogP contribution in [0.4, 0.5) is 14.6 Å². The Labute approximate surface area is 180 Å². The Morgan fingerprint density at radius 3 is 2.81 bits per heavy atom. The number of aromatic nitrogens is 5. The number of carbonyl (C=O) groups excluding carboxylic acids is 1. The van der Waals surface area contributed by atoms with Crippen LogP contribution in [-0.2, 0) is 18.4 Å². The minimum absolute atomic E-state index is 0.0581. The third-order valence-electron chi connectivity index (χ3n) is 4.57. The van der Waals surface area contributed by atoms with Gasteiger partial charge in [0.05, 0.1) is 12.4 Å². The molecule has 0 saturated heterocycles. The average molecular weight is 435 g/mol. The van der Waals surface area contributed by atoms with Crippen LogP contribution < -0.4 is 10.1 Å². The molecule has 0 aliphatic carbocycles. The Bertz CT molecular complexity index is 1400. The lowest BCUT2D eigenvalue weighted by Crippen LogP contribution is -2.15. The molecule has 4 rings (SSSR count). The van der Waals surface area contributed by atoms with Crippen molar-refractivity contribution in [1.29, 1.82) is 5.26 Å². The van der Waals surface area contributed by atoms with E-state index in [0.29, 0.717) is 11.3 Å². The minimum Gasteiger partial charge on any atom is -0.486 e. The molecular formula is C21H15F2N7O2. The highest BCUT2D eigenvalue weighted by molar-refractivity contribution is 6.01. The Morgan fingerprint density at radius 1 is 1.31 bits per heavy atom. The molecule has 0 radical (unpaired) electrons. The first-order valence-electron chi connectivity index (χ1n) is 9.20. The highest BCUT2D eigenvalue weighted by Crippen LogP contribution is 2.30. The third kappa shape index (κ3) is 3.89. The van der Waals surface area contributed by atoms with E-state index in [1.54, 1.807) is 36.4 Å². The summed E-state index contributed by atoms with van der Waals surface area (Å²) in [6.07, 6.45) is 7.84. The van der Waals surface area contributed by atoms with Crippen molar-refractivity contribution in [1.82, 2.24) is 24.4 Å². The van der Waals surface area contributed by atoms with Crippen molar-refractivity contribution in [2.45, 2.75) is 6.61 Å². The third-order valence-corrected chi connectivity index (χ3v) is 4.57. The summed E-state index contributed by atoms with van der Waals surface area (Å²) in [6, 6.07) is 5.11. The molecule has 32 heavy (non-hydrogen) atoms. The van der Waals surface area contributed by atoms with E-state index in [0.717, 1.165) is 11.1 Å². The fourth-order valence-corrected chi connectivity index (χ4v) is 3.02. The first-order valence-corrected chi connectivity index (χ1v) is 9.20. The number of nitrogens with zero attached hydrogens (tertiary/aromatic N) is 6. The standard InChI is InChI=1S/C21H15F2N7O2/c1-12(22)21(31)28-20-18(23)13(3-4-25-20)11-32-17-5-14(16-8-26-29(2)9-16)10-30-19(17)15(6-24)7-27-30/h3-5,7-10H,1,11H2,2H3,(H,25,28,31). The van der Waals surface area contributed by atoms with Gasteiger partial charge in [0, 0.05) is 42.3 Å². The highest BCUT2D eigenvalue weighted by atomic mass is 19.1. The molecule has 0 aliphatic rings. The van der Waals surface area contributed by atoms with Crippen molar-refractivity contribution in [2.75, 3.05) is 5.32 Å². The van der Waals surface area contributed by atoms with E-state index < -0.39 is 23.4 Å². The molecule has 0 aliphatic heterocycles. The van der Waals surface area contributed by atoms with Gasteiger partial charge in [0.15, 0.2) is 17.5 Å². The van der Waals surface area contributed by atoms with Gasteiger partial charge in [-0.25, -0.2) is 18.3 Å². The van der Waals surface area contributed by atoms with Crippen LogP contribution in [-0.4, -0.2) is 30.3 Å². The van der Waals surface area contributed by atoms with Gasteiger partial charge in [-0.3, -0.25) is 9.48 Å². The second-order valence-electron chi connectivity index (χ2n) is 6.74. The van der Waals surface area contributed by atoms with Gasteiger partial charge in [-0.2, -0.15) is 15.5 Å². The maximum absolute atomic E-state index is 14.8. The largest absolute Gasteiger partial charge is 0.486 e. The van der Waals surface area contributed by atoms with E-state index in [1.165, 1.54) is 23.0 Å². The number of pyridine rings is 2. The number of ether oxygens (including phenoxy) is 1. The van der Waals surface area contributed by atoms with E-state index in [9.17, 15) is 18.8 Å². The molecule has 9 nitrogen and oxygen atoms in total. The summed E-state index contributed by atoms with van der Waals surface area (Å²) in [5.41, 5.74) is 2.26. The molecule has 0 fully saturated rings. The molecule has 0 bridgehead atoms. The summed E-state index contributed by atoms with van der Waals surface area (Å²) in [5, 5.41) is 19.8. The van der Waals surface area contributed by atoms with Gasteiger partial charge in [0.1, 0.15) is 29.5 Å². The Kier molecular flexibility index (Phi) is 5.34. The summed E-state index contributed by atoms with van der Waals surface area (Å²) >= 11 is 0. The second-order valence-corrected chi connectivity index (χ2v) is 6.74. The number of nitriles is 1. The van der Waals surface area contributed by atoms with Crippen molar-refractivity contribution in [3.05, 3.63) is 72.5 Å². The number of hydrogen-bond acceptors (Lipinski definition) is 6. The van der Waals surface area contributed by atoms with Crippen LogP contribution in [0.15, 0.2) is 55.5 Å². The number of anilines is 1. The van der Waals surface area contributed by atoms with Crippen LogP contribution in [0.1, 0.15) is 11.1 Å². The summed E-state index contributed by atoms with van der Waals surface area (Å²) in [5.74, 6) is -3.51. The number of hydrogen-bond donors (Lipinski definition) is 1. The predicted octanol–water partition coefficient (Wildman–Crippen LogP) is 3.14. The molecule has 0 unspecified atom stereocenters. The lowest BCUT2D eigenvalue weighted by atomic mass is 10.1. The van der Waals surface area contributed by atoms with Crippen LogP contribution in [0.5, 0.6) is 5.75 Å². The van der Waals surface area contributed by atoms with Crippen molar-refractivity contribution in [2.24, 2.45) is 7.05 Å². The molecule has 1 N–H and O–H groups in total.